The molecule has 3 aromatic rings. The van der Waals surface area contributed by atoms with Crippen LogP contribution >= 0.6 is 11.8 Å². The van der Waals surface area contributed by atoms with E-state index < -0.39 is 0 Å². The Morgan fingerprint density at radius 1 is 1.04 bits per heavy atom. The van der Waals surface area contributed by atoms with E-state index in [-0.39, 0.29) is 18.0 Å². The van der Waals surface area contributed by atoms with Crippen molar-refractivity contribution in [3.05, 3.63) is 66.2 Å². The number of nitrogens with one attached hydrogen (secondary N) is 1. The maximum absolute atomic E-state index is 12.4. The largest absolute Gasteiger partial charge is 0.454 e. The summed E-state index contributed by atoms with van der Waals surface area (Å²) >= 11 is 1.57. The lowest BCUT2D eigenvalue weighted by Gasteiger charge is -2.13. The third-order valence-corrected chi connectivity index (χ3v) is 5.40. The summed E-state index contributed by atoms with van der Waals surface area (Å²) < 4.78 is 10.7. The highest BCUT2D eigenvalue weighted by molar-refractivity contribution is 8.00. The summed E-state index contributed by atoms with van der Waals surface area (Å²) in [6.45, 7) is 2.65. The number of fused-ring (bicyclic) bond motifs is 2. The van der Waals surface area contributed by atoms with Gasteiger partial charge < -0.3 is 14.8 Å². The second kappa shape index (κ2) is 7.30. The normalized spacial score (nSPS) is 13.6. The molecule has 0 spiro atoms. The van der Waals surface area contributed by atoms with Crippen molar-refractivity contribution < 1.29 is 14.3 Å². The van der Waals surface area contributed by atoms with E-state index in [1.54, 1.807) is 11.8 Å². The first kappa shape index (κ1) is 16.8. The van der Waals surface area contributed by atoms with Gasteiger partial charge in [0.15, 0.2) is 11.5 Å². The van der Waals surface area contributed by atoms with Gasteiger partial charge in [0.1, 0.15) is 0 Å². The molecular formula is C21H19NO3S. The van der Waals surface area contributed by atoms with Gasteiger partial charge in [0, 0.05) is 11.4 Å². The molecule has 0 saturated heterocycles. The van der Waals surface area contributed by atoms with E-state index in [0.29, 0.717) is 6.54 Å². The molecule has 1 aliphatic rings. The number of rotatable bonds is 5. The van der Waals surface area contributed by atoms with Gasteiger partial charge in [-0.3, -0.25) is 4.79 Å². The number of amides is 1. The first-order chi connectivity index (χ1) is 12.7. The Labute approximate surface area is 156 Å². The molecule has 1 heterocycles. The van der Waals surface area contributed by atoms with Crippen LogP contribution in [0.5, 0.6) is 11.5 Å². The number of benzene rings is 3. The zero-order valence-corrected chi connectivity index (χ0v) is 15.2. The quantitative estimate of drug-likeness (QED) is 0.682. The fourth-order valence-corrected chi connectivity index (χ4v) is 3.82. The van der Waals surface area contributed by atoms with Crippen LogP contribution in [-0.4, -0.2) is 18.0 Å². The van der Waals surface area contributed by atoms with E-state index in [0.717, 1.165) is 22.0 Å². The van der Waals surface area contributed by atoms with Crippen LogP contribution < -0.4 is 14.8 Å². The van der Waals surface area contributed by atoms with Crippen LogP contribution in [0.3, 0.4) is 0 Å². The average molecular weight is 365 g/mol. The predicted octanol–water partition coefficient (Wildman–Crippen LogP) is 4.37. The molecule has 1 unspecified atom stereocenters. The maximum atomic E-state index is 12.4. The molecule has 1 aliphatic heterocycles. The third-order valence-electron chi connectivity index (χ3n) is 4.31. The lowest BCUT2D eigenvalue weighted by atomic mass is 10.1. The van der Waals surface area contributed by atoms with Crippen LogP contribution in [-0.2, 0) is 11.3 Å². The molecule has 4 rings (SSSR count). The molecule has 1 N–H and O–H groups in total. The minimum Gasteiger partial charge on any atom is -0.454 e. The fraction of sp³-hybridized carbons (Fsp3) is 0.190. The van der Waals surface area contributed by atoms with Gasteiger partial charge in [0.2, 0.25) is 12.7 Å². The first-order valence-corrected chi connectivity index (χ1v) is 9.39. The summed E-state index contributed by atoms with van der Waals surface area (Å²) in [5, 5.41) is 5.21. The number of carbonyl (C=O) groups excluding carboxylic acids is 1. The fourth-order valence-electron chi connectivity index (χ4n) is 2.88. The molecular weight excluding hydrogens is 346 g/mol. The van der Waals surface area contributed by atoms with Crippen LogP contribution in [0.15, 0.2) is 65.6 Å². The van der Waals surface area contributed by atoms with Crippen LogP contribution in [0.2, 0.25) is 0 Å². The van der Waals surface area contributed by atoms with E-state index >= 15 is 0 Å². The van der Waals surface area contributed by atoms with Gasteiger partial charge >= 0.3 is 0 Å². The van der Waals surface area contributed by atoms with Crippen molar-refractivity contribution in [1.29, 1.82) is 0 Å². The molecule has 0 fully saturated rings. The van der Waals surface area contributed by atoms with Gasteiger partial charge in [0.25, 0.3) is 0 Å². The summed E-state index contributed by atoms with van der Waals surface area (Å²) in [6, 6.07) is 20.2. The number of hydrogen-bond donors (Lipinski definition) is 1. The topological polar surface area (TPSA) is 47.6 Å². The number of thioether (sulfide) groups is 1. The van der Waals surface area contributed by atoms with Crippen molar-refractivity contribution in [3.8, 4) is 11.5 Å². The predicted molar refractivity (Wildman–Crippen MR) is 104 cm³/mol. The Morgan fingerprint density at radius 2 is 1.85 bits per heavy atom. The smallest absolute Gasteiger partial charge is 0.233 e. The molecule has 0 saturated carbocycles. The van der Waals surface area contributed by atoms with Gasteiger partial charge in [-0.05, 0) is 47.5 Å². The first-order valence-electron chi connectivity index (χ1n) is 8.51. The van der Waals surface area contributed by atoms with Crippen molar-refractivity contribution >= 4 is 28.4 Å². The number of ether oxygens (including phenoxy) is 2. The van der Waals surface area contributed by atoms with Gasteiger partial charge in [0.05, 0.1) is 5.25 Å². The van der Waals surface area contributed by atoms with Gasteiger partial charge in [-0.2, -0.15) is 0 Å². The minimum atomic E-state index is -0.176. The average Bonchev–Trinajstić information content (AvgIpc) is 3.13. The van der Waals surface area contributed by atoms with E-state index in [2.05, 4.69) is 35.6 Å². The molecule has 5 heteroatoms. The zero-order chi connectivity index (χ0) is 17.9. The van der Waals surface area contributed by atoms with Crippen LogP contribution in [0, 0.1) is 0 Å². The van der Waals surface area contributed by atoms with Crippen molar-refractivity contribution in [2.75, 3.05) is 6.79 Å². The van der Waals surface area contributed by atoms with Gasteiger partial charge in [-0.15, -0.1) is 11.8 Å². The van der Waals surface area contributed by atoms with Crippen LogP contribution in [0.1, 0.15) is 12.5 Å². The monoisotopic (exact) mass is 365 g/mol. The van der Waals surface area contributed by atoms with E-state index in [4.69, 9.17) is 9.47 Å². The lowest BCUT2D eigenvalue weighted by molar-refractivity contribution is -0.120. The van der Waals surface area contributed by atoms with Crippen LogP contribution in [0.25, 0.3) is 10.8 Å². The summed E-state index contributed by atoms with van der Waals surface area (Å²) in [7, 11) is 0. The van der Waals surface area contributed by atoms with Crippen molar-refractivity contribution in [1.82, 2.24) is 5.32 Å². The van der Waals surface area contributed by atoms with Crippen LogP contribution in [0.4, 0.5) is 0 Å². The molecule has 3 aromatic carbocycles. The molecule has 4 nitrogen and oxygen atoms in total. The Kier molecular flexibility index (Phi) is 4.71. The third kappa shape index (κ3) is 3.63. The molecule has 0 aliphatic carbocycles. The lowest BCUT2D eigenvalue weighted by Crippen LogP contribution is -2.30. The molecule has 132 valence electrons. The molecule has 26 heavy (non-hydrogen) atoms. The Balaban J connectivity index is 1.36. The highest BCUT2D eigenvalue weighted by atomic mass is 32.2. The Morgan fingerprint density at radius 3 is 2.73 bits per heavy atom. The highest BCUT2D eigenvalue weighted by Gasteiger charge is 2.16. The Bertz CT molecular complexity index is 957. The minimum absolute atomic E-state index is 0.0147. The molecule has 1 atom stereocenters. The van der Waals surface area contributed by atoms with E-state index in [1.807, 2.05) is 37.3 Å². The second-order valence-corrected chi connectivity index (χ2v) is 7.59. The number of carbonyl (C=O) groups is 1. The van der Waals surface area contributed by atoms with Gasteiger partial charge in [-0.25, -0.2) is 0 Å². The zero-order valence-electron chi connectivity index (χ0n) is 14.4. The SMILES string of the molecule is CC(Sc1ccc2ccccc2c1)C(=O)NCc1ccc2c(c1)OCO2. The second-order valence-electron chi connectivity index (χ2n) is 6.17. The summed E-state index contributed by atoms with van der Waals surface area (Å²) in [4.78, 5) is 13.5. The maximum Gasteiger partial charge on any atom is 0.233 e. The van der Waals surface area contributed by atoms with Gasteiger partial charge in [-0.1, -0.05) is 36.4 Å². The van der Waals surface area contributed by atoms with E-state index in [9.17, 15) is 4.79 Å². The van der Waals surface area contributed by atoms with Crippen molar-refractivity contribution in [2.24, 2.45) is 0 Å². The Hall–Kier alpha value is -2.66. The standard InChI is InChI=1S/C21H19NO3S/c1-14(26-18-8-7-16-4-2-3-5-17(16)11-18)21(23)22-12-15-6-9-19-20(10-15)25-13-24-19/h2-11,14H,12-13H2,1H3,(H,22,23). The number of hydrogen-bond acceptors (Lipinski definition) is 4. The summed E-state index contributed by atoms with van der Waals surface area (Å²) in [5.74, 6) is 1.50. The highest BCUT2D eigenvalue weighted by Crippen LogP contribution is 2.32. The van der Waals surface area contributed by atoms with E-state index in [1.165, 1.54) is 10.8 Å². The molecule has 0 aromatic heterocycles. The molecule has 0 radical (unpaired) electrons. The summed E-state index contributed by atoms with van der Waals surface area (Å²) in [6.07, 6.45) is 0. The molecule has 0 bridgehead atoms. The van der Waals surface area contributed by atoms with Crippen molar-refractivity contribution in [3.63, 3.8) is 0 Å². The van der Waals surface area contributed by atoms with Crippen molar-refractivity contribution in [2.45, 2.75) is 23.6 Å². The summed E-state index contributed by atoms with van der Waals surface area (Å²) in [5.41, 5.74) is 0.991. The molecule has 1 amide bonds.